The molecule has 0 spiro atoms. The second kappa shape index (κ2) is 8.42. The monoisotopic (exact) mass is 267 g/mol. The molecule has 0 aromatic heterocycles. The summed E-state index contributed by atoms with van der Waals surface area (Å²) in [5.74, 6) is -0.481. The van der Waals surface area contributed by atoms with Crippen molar-refractivity contribution in [3.63, 3.8) is 0 Å². The highest BCUT2D eigenvalue weighted by Gasteiger charge is 2.17. The summed E-state index contributed by atoms with van der Waals surface area (Å²) in [6.45, 7) is 5.81. The van der Waals surface area contributed by atoms with E-state index in [1.165, 1.54) is 0 Å². The molecular formula is C10H24N2O4P+. The molecule has 0 rings (SSSR count). The lowest BCUT2D eigenvalue weighted by Gasteiger charge is -2.23. The van der Waals surface area contributed by atoms with Crippen molar-refractivity contribution in [2.45, 2.75) is 6.92 Å². The number of likely N-dealkylation sites (N-methyl/N-ethyl adjacent to an activating group) is 1. The third-order valence-corrected chi connectivity index (χ3v) is 3.04. The molecule has 1 unspecified atom stereocenters. The van der Waals surface area contributed by atoms with Crippen LogP contribution in [0.4, 0.5) is 0 Å². The molecule has 0 fully saturated rings. The van der Waals surface area contributed by atoms with Gasteiger partial charge in [-0.1, -0.05) is 13.5 Å². The summed E-state index contributed by atoms with van der Waals surface area (Å²) in [6.07, 6.45) is 1.24. The van der Waals surface area contributed by atoms with E-state index in [-0.39, 0.29) is 6.16 Å². The van der Waals surface area contributed by atoms with Crippen LogP contribution in [0.25, 0.3) is 0 Å². The maximum Gasteiger partial charge on any atom is 0.328 e. The van der Waals surface area contributed by atoms with Gasteiger partial charge in [-0.25, -0.2) is 0 Å². The van der Waals surface area contributed by atoms with Crippen LogP contribution in [0.2, 0.25) is 0 Å². The number of amides is 1. The SMILES string of the molecule is C=CC(N)=O.CCP(=O)(O)OCC[N+](C)(C)C. The average molecular weight is 267 g/mol. The molecule has 0 radical (unpaired) electrons. The van der Waals surface area contributed by atoms with Crippen LogP contribution in [-0.4, -0.2) is 55.7 Å². The van der Waals surface area contributed by atoms with Crippen LogP contribution < -0.4 is 5.73 Å². The van der Waals surface area contributed by atoms with Crippen LogP contribution in [0.5, 0.6) is 0 Å². The normalized spacial score (nSPS) is 14.2. The van der Waals surface area contributed by atoms with Crippen LogP contribution in [0.3, 0.4) is 0 Å². The van der Waals surface area contributed by atoms with E-state index >= 15 is 0 Å². The molecule has 0 bridgehead atoms. The summed E-state index contributed by atoms with van der Waals surface area (Å²) >= 11 is 0. The summed E-state index contributed by atoms with van der Waals surface area (Å²) in [6, 6.07) is 0. The van der Waals surface area contributed by atoms with Gasteiger partial charge < -0.3 is 19.6 Å². The number of primary amides is 1. The van der Waals surface area contributed by atoms with E-state index in [1.54, 1.807) is 6.92 Å². The van der Waals surface area contributed by atoms with Crippen molar-refractivity contribution >= 4 is 13.5 Å². The molecule has 0 aliphatic heterocycles. The third kappa shape index (κ3) is 17.9. The summed E-state index contributed by atoms with van der Waals surface area (Å²) in [7, 11) is 2.77. The lowest BCUT2D eigenvalue weighted by atomic mass is 10.5. The number of nitrogens with zero attached hydrogens (tertiary/aromatic N) is 1. The molecule has 7 heteroatoms. The van der Waals surface area contributed by atoms with Gasteiger partial charge in [-0.15, -0.1) is 0 Å². The van der Waals surface area contributed by atoms with Gasteiger partial charge >= 0.3 is 7.60 Å². The van der Waals surface area contributed by atoms with Crippen LogP contribution in [0.1, 0.15) is 6.92 Å². The van der Waals surface area contributed by atoms with Crippen LogP contribution >= 0.6 is 7.60 Å². The number of carbonyl (C=O) groups excluding carboxylic acids is 1. The van der Waals surface area contributed by atoms with E-state index in [0.29, 0.717) is 6.61 Å². The van der Waals surface area contributed by atoms with Gasteiger partial charge in [0.2, 0.25) is 5.91 Å². The number of hydrogen-bond acceptors (Lipinski definition) is 3. The maximum absolute atomic E-state index is 11.0. The first-order chi connectivity index (χ1) is 7.54. The Morgan fingerprint density at radius 2 is 1.94 bits per heavy atom. The van der Waals surface area contributed by atoms with E-state index in [9.17, 15) is 9.36 Å². The van der Waals surface area contributed by atoms with E-state index < -0.39 is 13.5 Å². The molecule has 1 atom stereocenters. The average Bonchev–Trinajstić information content (AvgIpc) is 2.16. The van der Waals surface area contributed by atoms with Gasteiger partial charge in [-0.05, 0) is 6.08 Å². The molecule has 0 aromatic rings. The van der Waals surface area contributed by atoms with Gasteiger partial charge in [0.1, 0.15) is 13.2 Å². The van der Waals surface area contributed by atoms with E-state index in [2.05, 4.69) is 12.3 Å². The lowest BCUT2D eigenvalue weighted by molar-refractivity contribution is -0.870. The minimum Gasteiger partial charge on any atom is -0.366 e. The van der Waals surface area contributed by atoms with Crippen molar-refractivity contribution in [3.8, 4) is 0 Å². The molecule has 6 nitrogen and oxygen atoms in total. The van der Waals surface area contributed by atoms with Crippen molar-refractivity contribution in [2.24, 2.45) is 5.73 Å². The molecule has 0 aliphatic carbocycles. The summed E-state index contributed by atoms with van der Waals surface area (Å²) in [5.41, 5.74) is 4.53. The Morgan fingerprint density at radius 3 is 2.18 bits per heavy atom. The number of carbonyl (C=O) groups is 1. The van der Waals surface area contributed by atoms with E-state index in [0.717, 1.165) is 17.1 Å². The molecule has 3 N–H and O–H groups in total. The minimum absolute atomic E-state index is 0.185. The smallest absolute Gasteiger partial charge is 0.328 e. The van der Waals surface area contributed by atoms with Crippen molar-refractivity contribution in [3.05, 3.63) is 12.7 Å². The van der Waals surface area contributed by atoms with Crippen molar-refractivity contribution in [2.75, 3.05) is 40.5 Å². The van der Waals surface area contributed by atoms with Crippen molar-refractivity contribution < 1.29 is 23.3 Å². The lowest BCUT2D eigenvalue weighted by Crippen LogP contribution is -2.37. The van der Waals surface area contributed by atoms with Gasteiger partial charge in [-0.3, -0.25) is 9.36 Å². The number of hydrogen-bond donors (Lipinski definition) is 2. The Kier molecular flexibility index (Phi) is 9.25. The van der Waals surface area contributed by atoms with Gasteiger partial charge in [0.25, 0.3) is 0 Å². The molecule has 1 amide bonds. The zero-order valence-corrected chi connectivity index (χ0v) is 11.9. The topological polar surface area (TPSA) is 89.6 Å². The highest BCUT2D eigenvalue weighted by Crippen LogP contribution is 2.40. The maximum atomic E-state index is 11.0. The van der Waals surface area contributed by atoms with Gasteiger partial charge in [0.15, 0.2) is 0 Å². The molecule has 0 saturated heterocycles. The van der Waals surface area contributed by atoms with Gasteiger partial charge in [0, 0.05) is 6.16 Å². The predicted octanol–water partition coefficient (Wildman–Crippen LogP) is 0.572. The first kappa shape index (κ1) is 18.7. The number of rotatable bonds is 6. The highest BCUT2D eigenvalue weighted by atomic mass is 31.2. The highest BCUT2D eigenvalue weighted by molar-refractivity contribution is 7.52. The Morgan fingerprint density at radius 1 is 1.53 bits per heavy atom. The number of quaternary nitrogens is 1. The molecule has 0 aromatic carbocycles. The summed E-state index contributed by atoms with van der Waals surface area (Å²) < 4.78 is 16.6. The van der Waals surface area contributed by atoms with Crippen molar-refractivity contribution in [1.29, 1.82) is 0 Å². The molecule has 102 valence electrons. The summed E-state index contributed by atoms with van der Waals surface area (Å²) in [5, 5.41) is 0. The zero-order valence-electron chi connectivity index (χ0n) is 11.0. The summed E-state index contributed by atoms with van der Waals surface area (Å²) in [4.78, 5) is 18.5. The molecule has 17 heavy (non-hydrogen) atoms. The van der Waals surface area contributed by atoms with Crippen LogP contribution in [-0.2, 0) is 13.9 Å². The van der Waals surface area contributed by atoms with Crippen LogP contribution in [0, 0.1) is 0 Å². The molecule has 0 saturated carbocycles. The fraction of sp³-hybridized carbons (Fsp3) is 0.700. The second-order valence-electron chi connectivity index (χ2n) is 4.41. The van der Waals surface area contributed by atoms with Gasteiger partial charge in [-0.2, -0.15) is 0 Å². The minimum atomic E-state index is -3.27. The van der Waals surface area contributed by atoms with E-state index in [1.807, 2.05) is 21.1 Å². The molecule has 0 aliphatic rings. The fourth-order valence-corrected chi connectivity index (χ4v) is 1.10. The van der Waals surface area contributed by atoms with Crippen LogP contribution in [0.15, 0.2) is 12.7 Å². The Balaban J connectivity index is 0. The first-order valence-corrected chi connectivity index (χ1v) is 6.99. The molecule has 0 heterocycles. The number of nitrogens with two attached hydrogens (primary N) is 1. The standard InChI is InChI=1S/C7H18NO3P.C3H5NO/c1-5-12(9,10)11-7-6-8(2,3)4;1-2-3(4)5/h5-7H2,1-4H3;2H,1H2,(H2,4,5)/p+1. The Bertz CT molecular complexity index is 287. The molecular weight excluding hydrogens is 243 g/mol. The second-order valence-corrected chi connectivity index (χ2v) is 6.57. The predicted molar refractivity (Wildman–Crippen MR) is 68.6 cm³/mol. The largest absolute Gasteiger partial charge is 0.366 e. The third-order valence-electron chi connectivity index (χ3n) is 1.66. The van der Waals surface area contributed by atoms with E-state index in [4.69, 9.17) is 9.42 Å². The Hall–Kier alpha value is -0.680. The first-order valence-electron chi connectivity index (χ1n) is 5.22. The van der Waals surface area contributed by atoms with Crippen molar-refractivity contribution in [1.82, 2.24) is 0 Å². The quantitative estimate of drug-likeness (QED) is 0.418. The fourth-order valence-electron chi connectivity index (χ4n) is 0.549. The van der Waals surface area contributed by atoms with Gasteiger partial charge in [0.05, 0.1) is 21.1 Å². The zero-order chi connectivity index (χ0) is 14.1. The Labute approximate surface area is 103 Å².